The van der Waals surface area contributed by atoms with Crippen LogP contribution in [-0.2, 0) is 0 Å². The molecule has 1 aliphatic heterocycles. The van der Waals surface area contributed by atoms with E-state index in [1.165, 1.54) is 43.5 Å². The first-order chi connectivity index (χ1) is 11.8. The van der Waals surface area contributed by atoms with Crippen LogP contribution < -0.4 is 15.5 Å². The van der Waals surface area contributed by atoms with Crippen LogP contribution in [0.2, 0.25) is 0 Å². The van der Waals surface area contributed by atoms with E-state index in [0.29, 0.717) is 6.04 Å². The Labute approximate surface area is 173 Å². The molecule has 0 amide bonds. The number of halogens is 1. The normalized spacial score (nSPS) is 19.2. The number of thiophene rings is 1. The lowest BCUT2D eigenvalue weighted by Gasteiger charge is -2.33. The van der Waals surface area contributed by atoms with Gasteiger partial charge in [0.1, 0.15) is 0 Å². The van der Waals surface area contributed by atoms with Gasteiger partial charge in [-0.1, -0.05) is 11.6 Å². The number of aliphatic imine (C=N–C) groups is 1. The summed E-state index contributed by atoms with van der Waals surface area (Å²) < 4.78 is 0. The zero-order valence-corrected chi connectivity index (χ0v) is 18.3. The van der Waals surface area contributed by atoms with E-state index >= 15 is 0 Å². The van der Waals surface area contributed by atoms with Crippen molar-refractivity contribution in [1.82, 2.24) is 10.6 Å². The molecule has 0 saturated carbocycles. The second kappa shape index (κ2) is 11.1. The molecule has 4 nitrogen and oxygen atoms in total. The van der Waals surface area contributed by atoms with Gasteiger partial charge in [0.25, 0.3) is 0 Å². The average Bonchev–Trinajstić information content (AvgIpc) is 3.17. The van der Waals surface area contributed by atoms with Gasteiger partial charge in [-0.15, -0.1) is 35.3 Å². The monoisotopic (exact) mass is 474 g/mol. The molecule has 6 heteroatoms. The maximum atomic E-state index is 4.40. The topological polar surface area (TPSA) is 39.7 Å². The first-order valence-corrected chi connectivity index (χ1v) is 10.2. The van der Waals surface area contributed by atoms with Crippen molar-refractivity contribution in [3.05, 3.63) is 29.2 Å². The van der Waals surface area contributed by atoms with Gasteiger partial charge < -0.3 is 15.5 Å². The van der Waals surface area contributed by atoms with E-state index < -0.39 is 0 Å². The van der Waals surface area contributed by atoms with Crippen molar-refractivity contribution >= 4 is 46.3 Å². The Bertz CT molecular complexity index is 548. The van der Waals surface area contributed by atoms with Crippen molar-refractivity contribution in [2.24, 2.45) is 4.99 Å². The van der Waals surface area contributed by atoms with Crippen LogP contribution >= 0.6 is 35.3 Å². The highest BCUT2D eigenvalue weighted by molar-refractivity contribution is 14.0. The second-order valence-electron chi connectivity index (χ2n) is 6.71. The number of rotatable bonds is 5. The second-order valence-corrected chi connectivity index (χ2v) is 7.64. The quantitative estimate of drug-likeness (QED) is 0.288. The van der Waals surface area contributed by atoms with Crippen LogP contribution in [0.15, 0.2) is 34.2 Å². The summed E-state index contributed by atoms with van der Waals surface area (Å²) in [7, 11) is 1.87. The molecule has 140 valence electrons. The third-order valence-corrected chi connectivity index (χ3v) is 5.93. The Morgan fingerprint density at radius 3 is 2.80 bits per heavy atom. The molecule has 25 heavy (non-hydrogen) atoms. The van der Waals surface area contributed by atoms with Gasteiger partial charge in [-0.3, -0.25) is 4.99 Å². The molecule has 1 aliphatic carbocycles. The number of hydrogen-bond acceptors (Lipinski definition) is 3. The maximum absolute atomic E-state index is 4.40. The molecule has 0 bridgehead atoms. The molecule has 0 unspecified atom stereocenters. The number of piperidine rings is 1. The highest BCUT2D eigenvalue weighted by Gasteiger charge is 2.20. The molecule has 0 spiro atoms. The Kier molecular flexibility index (Phi) is 9.09. The van der Waals surface area contributed by atoms with Gasteiger partial charge in [-0.25, -0.2) is 0 Å². The molecule has 2 N–H and O–H groups in total. The van der Waals surface area contributed by atoms with Gasteiger partial charge in [0.15, 0.2) is 5.96 Å². The van der Waals surface area contributed by atoms with Crippen LogP contribution in [0.25, 0.3) is 0 Å². The highest BCUT2D eigenvalue weighted by Crippen LogP contribution is 2.24. The summed E-state index contributed by atoms with van der Waals surface area (Å²) in [6.07, 6.45) is 11.2. The number of nitrogens with zero attached hydrogens (tertiary/aromatic N) is 2. The number of nitrogens with one attached hydrogen (secondary N) is 2. The average molecular weight is 474 g/mol. The van der Waals surface area contributed by atoms with Gasteiger partial charge in [-0.2, -0.15) is 0 Å². The number of hydrogen-bond donors (Lipinski definition) is 2. The third-order valence-electron chi connectivity index (χ3n) is 5.00. The van der Waals surface area contributed by atoms with E-state index in [9.17, 15) is 0 Å². The van der Waals surface area contributed by atoms with Crippen molar-refractivity contribution in [2.45, 2.75) is 51.0 Å². The van der Waals surface area contributed by atoms with Crippen LogP contribution in [0, 0.1) is 0 Å². The fourth-order valence-corrected chi connectivity index (χ4v) is 4.34. The minimum atomic E-state index is 0. The Balaban J connectivity index is 0.00000225. The van der Waals surface area contributed by atoms with E-state index in [2.05, 4.69) is 44.1 Å². The van der Waals surface area contributed by atoms with Crippen LogP contribution in [0.3, 0.4) is 0 Å². The lowest BCUT2D eigenvalue weighted by molar-refractivity contribution is 0.463. The summed E-state index contributed by atoms with van der Waals surface area (Å²) in [5, 5.41) is 10.7. The Hall–Kier alpha value is -0.760. The van der Waals surface area contributed by atoms with Crippen molar-refractivity contribution in [3.63, 3.8) is 0 Å². The lowest BCUT2D eigenvalue weighted by atomic mass is 9.97. The molecule has 0 atom stereocenters. The highest BCUT2D eigenvalue weighted by atomic mass is 127. The molecule has 3 rings (SSSR count). The molecule has 1 aromatic heterocycles. The van der Waals surface area contributed by atoms with E-state index in [1.807, 2.05) is 18.4 Å². The van der Waals surface area contributed by atoms with E-state index in [0.717, 1.165) is 32.0 Å². The molecule has 1 fully saturated rings. The summed E-state index contributed by atoms with van der Waals surface area (Å²) >= 11 is 1.84. The first kappa shape index (κ1) is 20.6. The predicted molar refractivity (Wildman–Crippen MR) is 121 cm³/mol. The zero-order valence-electron chi connectivity index (χ0n) is 15.2. The molecular weight excluding hydrogens is 443 g/mol. The zero-order chi connectivity index (χ0) is 16.6. The Morgan fingerprint density at radius 1 is 1.32 bits per heavy atom. The smallest absolute Gasteiger partial charge is 0.191 e. The van der Waals surface area contributed by atoms with E-state index in [4.69, 9.17) is 0 Å². The van der Waals surface area contributed by atoms with Crippen molar-refractivity contribution < 1.29 is 0 Å². The lowest BCUT2D eigenvalue weighted by Crippen LogP contribution is -2.48. The summed E-state index contributed by atoms with van der Waals surface area (Å²) in [5.74, 6) is 0.959. The molecule has 2 heterocycles. The SMILES string of the molecule is CN=C(NCCC1=CCCCC1)NC1CCN(c2cccs2)CC1.I. The fraction of sp³-hybridized carbons (Fsp3) is 0.632. The first-order valence-electron chi connectivity index (χ1n) is 9.28. The minimum Gasteiger partial charge on any atom is -0.363 e. The molecule has 1 aromatic rings. The molecule has 2 aliphatic rings. The van der Waals surface area contributed by atoms with Gasteiger partial charge in [-0.05, 0) is 62.5 Å². The van der Waals surface area contributed by atoms with Gasteiger partial charge in [0, 0.05) is 32.7 Å². The Morgan fingerprint density at radius 2 is 2.16 bits per heavy atom. The third kappa shape index (κ3) is 6.47. The molecule has 0 radical (unpaired) electrons. The summed E-state index contributed by atoms with van der Waals surface area (Å²) in [5.41, 5.74) is 1.62. The van der Waals surface area contributed by atoms with E-state index in [1.54, 1.807) is 5.57 Å². The molecular formula is C19H31IN4S. The molecule has 1 saturated heterocycles. The standard InChI is InChI=1S/C19H30N4S.HI/c1-20-19(21-12-9-16-6-3-2-4-7-16)22-17-10-13-23(14-11-17)18-8-5-15-24-18;/h5-6,8,15,17H,2-4,7,9-14H2,1H3,(H2,20,21,22);1H. The number of guanidine groups is 1. The van der Waals surface area contributed by atoms with Crippen molar-refractivity contribution in [2.75, 3.05) is 31.6 Å². The van der Waals surface area contributed by atoms with Crippen LogP contribution in [0.4, 0.5) is 5.00 Å². The van der Waals surface area contributed by atoms with Crippen LogP contribution in [0.1, 0.15) is 44.9 Å². The van der Waals surface area contributed by atoms with E-state index in [-0.39, 0.29) is 24.0 Å². The molecule has 0 aromatic carbocycles. The predicted octanol–water partition coefficient (Wildman–Crippen LogP) is 4.39. The summed E-state index contributed by atoms with van der Waals surface area (Å²) in [6, 6.07) is 4.89. The van der Waals surface area contributed by atoms with Crippen molar-refractivity contribution in [3.8, 4) is 0 Å². The summed E-state index contributed by atoms with van der Waals surface area (Å²) in [6.45, 7) is 3.24. The minimum absolute atomic E-state index is 0. The van der Waals surface area contributed by atoms with Gasteiger partial charge in [0.2, 0.25) is 0 Å². The number of anilines is 1. The maximum Gasteiger partial charge on any atom is 0.191 e. The van der Waals surface area contributed by atoms with Crippen LogP contribution in [-0.4, -0.2) is 38.7 Å². The van der Waals surface area contributed by atoms with Crippen molar-refractivity contribution in [1.29, 1.82) is 0 Å². The number of allylic oxidation sites excluding steroid dienone is 1. The fourth-order valence-electron chi connectivity index (χ4n) is 3.56. The largest absolute Gasteiger partial charge is 0.363 e. The summed E-state index contributed by atoms with van der Waals surface area (Å²) in [4.78, 5) is 6.89. The van der Waals surface area contributed by atoms with Crippen LogP contribution in [0.5, 0.6) is 0 Å². The van der Waals surface area contributed by atoms with Gasteiger partial charge in [0.05, 0.1) is 5.00 Å². The van der Waals surface area contributed by atoms with Gasteiger partial charge >= 0.3 is 0 Å².